The average Bonchev–Trinajstić information content (AvgIpc) is 3.54. The number of aryl methyl sites for hydroxylation is 2. The van der Waals surface area contributed by atoms with Crippen LogP contribution < -0.4 is 10.6 Å². The highest BCUT2D eigenvalue weighted by Crippen LogP contribution is 2.29. The normalized spacial score (nSPS) is 15.2. The molecule has 0 spiro atoms. The first kappa shape index (κ1) is 20.6. The number of nitrogens with zero attached hydrogens (tertiary/aromatic N) is 2. The Balaban J connectivity index is 0.000000135. The molecule has 0 amide bonds. The lowest BCUT2D eigenvalue weighted by molar-refractivity contribution is 0.575. The standard InChI is InChI=1S/C12H11ClN2O.C12H11FN2O/c2*1-7-11(12-14-4-5-15-12)9-6-8(13)2-3-10(9)16-7/h2*2-3,6H,4-5H2,1H3,(H,14,15). The molecule has 0 aliphatic carbocycles. The molecule has 2 aliphatic heterocycles. The van der Waals surface area contributed by atoms with Crippen LogP contribution in [0.1, 0.15) is 22.6 Å². The fourth-order valence-electron chi connectivity index (χ4n) is 4.10. The summed E-state index contributed by atoms with van der Waals surface area (Å²) in [4.78, 5) is 8.76. The van der Waals surface area contributed by atoms with E-state index in [-0.39, 0.29) is 5.82 Å². The molecular formula is C24H22ClFN4O2. The third-order valence-corrected chi connectivity index (χ3v) is 5.71. The third kappa shape index (κ3) is 3.73. The number of rotatable bonds is 2. The zero-order valence-corrected chi connectivity index (χ0v) is 18.5. The SMILES string of the molecule is Cc1oc2ccc(Cl)cc2c1C1=NCCN1.Cc1oc2ccc(F)cc2c1C1=NCCN1. The minimum Gasteiger partial charge on any atom is -0.461 e. The topological polar surface area (TPSA) is 75.1 Å². The van der Waals surface area contributed by atoms with E-state index >= 15 is 0 Å². The summed E-state index contributed by atoms with van der Waals surface area (Å²) in [6.07, 6.45) is 0. The Labute approximate surface area is 189 Å². The van der Waals surface area contributed by atoms with Crippen LogP contribution in [0.25, 0.3) is 21.9 Å². The van der Waals surface area contributed by atoms with Gasteiger partial charge in [0.15, 0.2) is 0 Å². The Morgan fingerprint density at radius 2 is 1.34 bits per heavy atom. The number of aliphatic imine (C=N–C) groups is 2. The summed E-state index contributed by atoms with van der Waals surface area (Å²) in [6, 6.07) is 10.2. The molecule has 2 N–H and O–H groups in total. The highest BCUT2D eigenvalue weighted by Gasteiger charge is 2.19. The van der Waals surface area contributed by atoms with Gasteiger partial charge in [-0.2, -0.15) is 0 Å². The Kier molecular flexibility index (Phi) is 5.35. The molecule has 6 nitrogen and oxygen atoms in total. The van der Waals surface area contributed by atoms with Gasteiger partial charge >= 0.3 is 0 Å². The van der Waals surface area contributed by atoms with E-state index in [1.807, 2.05) is 32.0 Å². The summed E-state index contributed by atoms with van der Waals surface area (Å²) in [5.41, 5.74) is 3.47. The zero-order chi connectivity index (χ0) is 22.2. The smallest absolute Gasteiger partial charge is 0.135 e. The summed E-state index contributed by atoms with van der Waals surface area (Å²) in [5.74, 6) is 3.12. The maximum atomic E-state index is 13.2. The first-order valence-electron chi connectivity index (χ1n) is 10.5. The Morgan fingerprint density at radius 1 is 0.812 bits per heavy atom. The van der Waals surface area contributed by atoms with Gasteiger partial charge in [0, 0.05) is 28.9 Å². The maximum Gasteiger partial charge on any atom is 0.135 e. The lowest BCUT2D eigenvalue weighted by Crippen LogP contribution is -2.19. The second kappa shape index (κ2) is 8.31. The lowest BCUT2D eigenvalue weighted by Gasteiger charge is -2.00. The van der Waals surface area contributed by atoms with Crippen molar-refractivity contribution in [3.63, 3.8) is 0 Å². The van der Waals surface area contributed by atoms with Gasteiger partial charge in [-0.1, -0.05) is 11.6 Å². The lowest BCUT2D eigenvalue weighted by atomic mass is 10.1. The first-order chi connectivity index (χ1) is 15.5. The number of hydrogen-bond donors (Lipinski definition) is 2. The van der Waals surface area contributed by atoms with Crippen molar-refractivity contribution in [3.8, 4) is 0 Å². The van der Waals surface area contributed by atoms with Gasteiger partial charge in [0.25, 0.3) is 0 Å². The number of halogens is 2. The van der Waals surface area contributed by atoms with Gasteiger partial charge in [0.1, 0.15) is 40.2 Å². The molecule has 2 aliphatic rings. The first-order valence-corrected chi connectivity index (χ1v) is 10.8. The Hall–Kier alpha value is -3.32. The van der Waals surface area contributed by atoms with Gasteiger partial charge in [-0.25, -0.2) is 4.39 Å². The van der Waals surface area contributed by atoms with Gasteiger partial charge < -0.3 is 19.5 Å². The van der Waals surface area contributed by atoms with Gasteiger partial charge in [0.2, 0.25) is 0 Å². The van der Waals surface area contributed by atoms with Crippen molar-refractivity contribution in [3.05, 3.63) is 69.9 Å². The Morgan fingerprint density at radius 3 is 1.88 bits per heavy atom. The van der Waals surface area contributed by atoms with Crippen LogP contribution in [-0.4, -0.2) is 37.9 Å². The highest BCUT2D eigenvalue weighted by molar-refractivity contribution is 6.31. The second-order valence-corrected chi connectivity index (χ2v) is 8.10. The summed E-state index contributed by atoms with van der Waals surface area (Å²) in [6.45, 7) is 7.12. The molecule has 0 unspecified atom stereocenters. The fraction of sp³-hybridized carbons (Fsp3) is 0.250. The van der Waals surface area contributed by atoms with Gasteiger partial charge in [0.05, 0.1) is 24.2 Å². The Bertz CT molecular complexity index is 1280. The van der Waals surface area contributed by atoms with E-state index in [0.717, 1.165) is 76.9 Å². The molecule has 164 valence electrons. The molecule has 0 radical (unpaired) electrons. The third-order valence-electron chi connectivity index (χ3n) is 5.47. The molecule has 0 saturated heterocycles. The van der Waals surface area contributed by atoms with Crippen molar-refractivity contribution in [2.24, 2.45) is 9.98 Å². The number of fused-ring (bicyclic) bond motifs is 2. The summed E-state index contributed by atoms with van der Waals surface area (Å²) in [5, 5.41) is 8.96. The van der Waals surface area contributed by atoms with E-state index < -0.39 is 0 Å². The van der Waals surface area contributed by atoms with E-state index in [2.05, 4.69) is 20.6 Å². The molecule has 6 rings (SSSR count). The van der Waals surface area contributed by atoms with E-state index in [9.17, 15) is 4.39 Å². The molecular weight excluding hydrogens is 431 g/mol. The quantitative estimate of drug-likeness (QED) is 0.450. The van der Waals surface area contributed by atoms with Crippen molar-refractivity contribution >= 4 is 45.2 Å². The van der Waals surface area contributed by atoms with E-state index in [0.29, 0.717) is 10.6 Å². The van der Waals surface area contributed by atoms with Crippen LogP contribution in [0.15, 0.2) is 55.2 Å². The molecule has 2 aromatic heterocycles. The van der Waals surface area contributed by atoms with Crippen molar-refractivity contribution < 1.29 is 13.2 Å². The molecule has 8 heteroatoms. The molecule has 0 fully saturated rings. The molecule has 0 atom stereocenters. The number of hydrogen-bond acceptors (Lipinski definition) is 6. The molecule has 0 saturated carbocycles. The summed E-state index contributed by atoms with van der Waals surface area (Å²) >= 11 is 6.00. The fourth-order valence-corrected chi connectivity index (χ4v) is 4.28. The predicted octanol–water partition coefficient (Wildman–Crippen LogP) is 4.97. The van der Waals surface area contributed by atoms with Gasteiger partial charge in [-0.3, -0.25) is 9.98 Å². The molecule has 32 heavy (non-hydrogen) atoms. The van der Waals surface area contributed by atoms with Gasteiger partial charge in [-0.05, 0) is 50.2 Å². The zero-order valence-electron chi connectivity index (χ0n) is 17.8. The van der Waals surface area contributed by atoms with Crippen molar-refractivity contribution in [2.75, 3.05) is 26.2 Å². The highest BCUT2D eigenvalue weighted by atomic mass is 35.5. The summed E-state index contributed by atoms with van der Waals surface area (Å²) < 4.78 is 24.5. The molecule has 4 heterocycles. The monoisotopic (exact) mass is 452 g/mol. The largest absolute Gasteiger partial charge is 0.461 e. The second-order valence-electron chi connectivity index (χ2n) is 7.66. The minimum absolute atomic E-state index is 0.256. The van der Waals surface area contributed by atoms with E-state index in [1.54, 1.807) is 6.07 Å². The predicted molar refractivity (Wildman–Crippen MR) is 126 cm³/mol. The number of nitrogens with one attached hydrogen (secondary N) is 2. The maximum absolute atomic E-state index is 13.2. The summed E-state index contributed by atoms with van der Waals surface area (Å²) in [7, 11) is 0. The average molecular weight is 453 g/mol. The van der Waals surface area contributed by atoms with E-state index in [4.69, 9.17) is 20.4 Å². The van der Waals surface area contributed by atoms with Crippen molar-refractivity contribution in [1.29, 1.82) is 0 Å². The molecule has 2 aromatic carbocycles. The molecule has 4 aromatic rings. The molecule has 0 bridgehead atoms. The number of furan rings is 2. The van der Waals surface area contributed by atoms with Crippen LogP contribution in [0.2, 0.25) is 5.02 Å². The minimum atomic E-state index is -0.256. The van der Waals surface area contributed by atoms with Crippen LogP contribution in [0, 0.1) is 19.7 Å². The number of benzene rings is 2. The van der Waals surface area contributed by atoms with Crippen LogP contribution in [-0.2, 0) is 0 Å². The van der Waals surface area contributed by atoms with Gasteiger partial charge in [-0.15, -0.1) is 0 Å². The van der Waals surface area contributed by atoms with Crippen molar-refractivity contribution in [1.82, 2.24) is 10.6 Å². The van der Waals surface area contributed by atoms with E-state index in [1.165, 1.54) is 12.1 Å². The van der Waals surface area contributed by atoms with Crippen LogP contribution >= 0.6 is 11.6 Å². The van der Waals surface area contributed by atoms with Crippen molar-refractivity contribution in [2.45, 2.75) is 13.8 Å². The van der Waals surface area contributed by atoms with Crippen LogP contribution in [0.4, 0.5) is 4.39 Å². The van der Waals surface area contributed by atoms with Crippen LogP contribution in [0.5, 0.6) is 0 Å². The van der Waals surface area contributed by atoms with Crippen LogP contribution in [0.3, 0.4) is 0 Å². The number of amidine groups is 2.